The number of aliphatic hydroxyl groups excluding tert-OH is 1. The van der Waals surface area contributed by atoms with Crippen molar-refractivity contribution in [1.29, 1.82) is 0 Å². The van der Waals surface area contributed by atoms with Gasteiger partial charge in [-0.25, -0.2) is 18.4 Å². The molecule has 3 heterocycles. The van der Waals surface area contributed by atoms with Crippen molar-refractivity contribution in [3.8, 4) is 11.4 Å². The molecular formula is C32H38Cl2N6O5S. The molecule has 1 unspecified atom stereocenters. The van der Waals surface area contributed by atoms with Gasteiger partial charge < -0.3 is 24.6 Å². The maximum absolute atomic E-state index is 13.7. The average Bonchev–Trinajstić information content (AvgIpc) is 3.72. The van der Waals surface area contributed by atoms with Crippen LogP contribution in [0.25, 0.3) is 16.6 Å². The summed E-state index contributed by atoms with van der Waals surface area (Å²) in [5.41, 5.74) is 2.66. The number of nitrogens with zero attached hydrogens (tertiary/aromatic N) is 5. The molecule has 0 radical (unpaired) electrons. The van der Waals surface area contributed by atoms with Crippen LogP contribution in [0.5, 0.6) is 5.75 Å². The molecule has 2 aromatic carbocycles. The molecule has 1 saturated heterocycles. The van der Waals surface area contributed by atoms with Crippen LogP contribution in [-0.4, -0.2) is 95.5 Å². The third-order valence-corrected chi connectivity index (χ3v) is 10.6. The molecule has 46 heavy (non-hydrogen) atoms. The predicted molar refractivity (Wildman–Crippen MR) is 178 cm³/mol. The van der Waals surface area contributed by atoms with Crippen molar-refractivity contribution in [1.82, 2.24) is 29.7 Å². The van der Waals surface area contributed by atoms with Crippen molar-refractivity contribution in [3.63, 3.8) is 0 Å². The van der Waals surface area contributed by atoms with Crippen LogP contribution >= 0.6 is 23.2 Å². The molecule has 1 amide bonds. The van der Waals surface area contributed by atoms with E-state index in [9.17, 15) is 13.2 Å². The number of fused-ring (bicyclic) bond motifs is 1. The van der Waals surface area contributed by atoms with E-state index in [0.29, 0.717) is 55.7 Å². The van der Waals surface area contributed by atoms with E-state index >= 15 is 0 Å². The van der Waals surface area contributed by atoms with Crippen molar-refractivity contribution in [2.75, 3.05) is 45.7 Å². The molecule has 11 nitrogen and oxygen atoms in total. The number of hydrogen-bond donors (Lipinski definition) is 2. The number of hydrogen-bond acceptors (Lipinski definition) is 9. The third kappa shape index (κ3) is 7.81. The van der Waals surface area contributed by atoms with Gasteiger partial charge in [0.05, 0.1) is 28.0 Å². The first kappa shape index (κ1) is 34.1. The number of rotatable bonds is 14. The quantitative estimate of drug-likeness (QED) is 0.200. The summed E-state index contributed by atoms with van der Waals surface area (Å²) in [7, 11) is -2.01. The van der Waals surface area contributed by atoms with Gasteiger partial charge in [0.15, 0.2) is 9.84 Å². The van der Waals surface area contributed by atoms with Crippen LogP contribution in [0.2, 0.25) is 10.0 Å². The molecule has 5 rings (SSSR count). The average molecular weight is 690 g/mol. The molecule has 0 bridgehead atoms. The Morgan fingerprint density at radius 3 is 2.80 bits per heavy atom. The van der Waals surface area contributed by atoms with Crippen molar-refractivity contribution in [2.45, 2.75) is 43.7 Å². The second-order valence-corrected chi connectivity index (χ2v) is 14.1. The minimum absolute atomic E-state index is 0.0119. The summed E-state index contributed by atoms with van der Waals surface area (Å²) < 4.78 is 35.5. The van der Waals surface area contributed by atoms with E-state index in [2.05, 4.69) is 10.3 Å². The van der Waals surface area contributed by atoms with E-state index in [1.807, 2.05) is 47.8 Å². The van der Waals surface area contributed by atoms with Crippen LogP contribution in [0, 0.1) is 6.92 Å². The zero-order valence-corrected chi connectivity index (χ0v) is 28.2. The number of para-hydroxylation sites is 1. The molecule has 1 atom stereocenters. The van der Waals surface area contributed by atoms with Gasteiger partial charge in [0, 0.05) is 66.8 Å². The predicted octanol–water partition coefficient (Wildman–Crippen LogP) is 4.24. The zero-order chi connectivity index (χ0) is 32.8. The highest BCUT2D eigenvalue weighted by molar-refractivity contribution is 7.91. The fourth-order valence-corrected chi connectivity index (χ4v) is 8.05. The molecule has 1 aliphatic heterocycles. The summed E-state index contributed by atoms with van der Waals surface area (Å²) in [5, 5.41) is 13.0. The Morgan fingerprint density at radius 1 is 1.22 bits per heavy atom. The summed E-state index contributed by atoms with van der Waals surface area (Å²) >= 11 is 13.3. The summed E-state index contributed by atoms with van der Waals surface area (Å²) in [5.74, 6) is -0.0599. The van der Waals surface area contributed by atoms with Gasteiger partial charge in [-0.05, 0) is 57.5 Å². The summed E-state index contributed by atoms with van der Waals surface area (Å²) in [6.45, 7) is 4.18. The van der Waals surface area contributed by atoms with Crippen LogP contribution in [0.1, 0.15) is 30.5 Å². The number of carbonyl (C=O) groups excluding carboxylic acids is 1. The summed E-state index contributed by atoms with van der Waals surface area (Å²) in [6, 6.07) is 9.91. The van der Waals surface area contributed by atoms with Crippen LogP contribution in [0.4, 0.5) is 0 Å². The molecular weight excluding hydrogens is 651 g/mol. The Bertz CT molecular complexity index is 1790. The number of imidazole rings is 1. The lowest BCUT2D eigenvalue weighted by atomic mass is 10.1. The number of likely N-dealkylation sites (tertiary alicyclic amines) is 1. The normalized spacial score (nSPS) is 15.6. The first-order valence-electron chi connectivity index (χ1n) is 15.1. The first-order chi connectivity index (χ1) is 22.1. The Morgan fingerprint density at radius 2 is 2.04 bits per heavy atom. The van der Waals surface area contributed by atoms with Crippen molar-refractivity contribution in [2.24, 2.45) is 0 Å². The number of pyridine rings is 1. The highest BCUT2D eigenvalue weighted by Crippen LogP contribution is 2.35. The molecule has 0 aliphatic carbocycles. The van der Waals surface area contributed by atoms with Crippen molar-refractivity contribution >= 4 is 49.8 Å². The Balaban J connectivity index is 1.30. The number of benzene rings is 2. The van der Waals surface area contributed by atoms with Crippen molar-refractivity contribution < 1.29 is 23.1 Å². The molecule has 14 heteroatoms. The van der Waals surface area contributed by atoms with E-state index in [1.165, 1.54) is 12.1 Å². The number of aromatic nitrogens is 3. The minimum Gasteiger partial charge on any atom is -0.487 e. The Kier molecular flexibility index (Phi) is 11.2. The SMILES string of the molecule is Cc1cc(-n2ccnc2)c2cccc(OCc3c(Cl)ccc(S(=O)(=O)CN4CCCC4C(=O)NCCN(C)CCCO)c3Cl)c2n1. The van der Waals surface area contributed by atoms with Gasteiger partial charge in [0.2, 0.25) is 5.91 Å². The zero-order valence-electron chi connectivity index (χ0n) is 25.8. The van der Waals surface area contributed by atoms with Crippen LogP contribution in [0.15, 0.2) is 60.0 Å². The molecule has 0 saturated carbocycles. The van der Waals surface area contributed by atoms with Gasteiger partial charge in [0.25, 0.3) is 0 Å². The number of nitrogens with one attached hydrogen (secondary N) is 1. The second kappa shape index (κ2) is 15.1. The monoisotopic (exact) mass is 688 g/mol. The van der Waals surface area contributed by atoms with Gasteiger partial charge in [0.1, 0.15) is 23.7 Å². The molecule has 2 aromatic heterocycles. The molecule has 0 spiro atoms. The van der Waals surface area contributed by atoms with Gasteiger partial charge in [-0.3, -0.25) is 9.69 Å². The number of sulfone groups is 1. The number of ether oxygens (including phenoxy) is 1. The molecule has 2 N–H and O–H groups in total. The first-order valence-corrected chi connectivity index (χ1v) is 17.5. The summed E-state index contributed by atoms with van der Waals surface area (Å²) in [6.07, 6.45) is 7.20. The second-order valence-electron chi connectivity index (χ2n) is 11.4. The molecule has 246 valence electrons. The van der Waals surface area contributed by atoms with Crippen LogP contribution < -0.4 is 10.1 Å². The van der Waals surface area contributed by atoms with Gasteiger partial charge >= 0.3 is 0 Å². The van der Waals surface area contributed by atoms with Gasteiger partial charge in [-0.15, -0.1) is 0 Å². The van der Waals surface area contributed by atoms with Gasteiger partial charge in [-0.1, -0.05) is 35.3 Å². The van der Waals surface area contributed by atoms with E-state index in [1.54, 1.807) is 23.5 Å². The fraction of sp³-hybridized carbons (Fsp3) is 0.406. The molecule has 1 aliphatic rings. The van der Waals surface area contributed by atoms with Crippen LogP contribution in [-0.2, 0) is 21.2 Å². The Hall–Kier alpha value is -3.26. The maximum atomic E-state index is 13.7. The fourth-order valence-electron chi connectivity index (χ4n) is 5.66. The minimum atomic E-state index is -3.93. The highest BCUT2D eigenvalue weighted by atomic mass is 35.5. The lowest BCUT2D eigenvalue weighted by molar-refractivity contribution is -0.125. The lowest BCUT2D eigenvalue weighted by Gasteiger charge is -2.24. The number of aliphatic hydroxyl groups is 1. The van der Waals surface area contributed by atoms with Crippen molar-refractivity contribution in [3.05, 3.63) is 76.4 Å². The third-order valence-electron chi connectivity index (χ3n) is 8.04. The van der Waals surface area contributed by atoms with Gasteiger partial charge in [-0.2, -0.15) is 0 Å². The number of carbonyl (C=O) groups is 1. The topological polar surface area (TPSA) is 130 Å². The maximum Gasteiger partial charge on any atom is 0.237 e. The molecule has 1 fully saturated rings. The number of halogens is 2. The van der Waals surface area contributed by atoms with Crippen LogP contribution in [0.3, 0.4) is 0 Å². The highest BCUT2D eigenvalue weighted by Gasteiger charge is 2.35. The Labute approximate surface area is 279 Å². The van der Waals surface area contributed by atoms with E-state index < -0.39 is 15.9 Å². The standard InChI is InChI=1S/C32H38Cl2N6O5S/c1-22-18-27(39-16-11-35-20-39)23-6-3-8-28(31(23)37-22)45-19-24-25(33)9-10-29(30(24)34)46(43,44)21-40-14-4-7-26(40)32(42)36-12-15-38(2)13-5-17-41/h3,6,8-11,16,18,20,26,41H,4-5,7,12-15,17,19,21H2,1-2H3,(H,36,42). The van der Waals surface area contributed by atoms with E-state index in [0.717, 1.165) is 23.3 Å². The number of likely N-dealkylation sites (N-methyl/N-ethyl adjacent to an activating group) is 1. The largest absolute Gasteiger partial charge is 0.487 e. The smallest absolute Gasteiger partial charge is 0.237 e. The summed E-state index contributed by atoms with van der Waals surface area (Å²) in [4.78, 5) is 25.5. The lowest BCUT2D eigenvalue weighted by Crippen LogP contribution is -2.46. The van der Waals surface area contributed by atoms with E-state index in [-0.39, 0.29) is 39.9 Å². The van der Waals surface area contributed by atoms with E-state index in [4.69, 9.17) is 38.0 Å². The number of amides is 1. The number of aryl methyl sites for hydroxylation is 1. The molecule has 4 aromatic rings.